The number of anilines is 1. The lowest BCUT2D eigenvalue weighted by Crippen LogP contribution is -2.33. The molecule has 5 nitrogen and oxygen atoms in total. The largest absolute Gasteiger partial charge is 0.468 e. The van der Waals surface area contributed by atoms with Gasteiger partial charge in [0.15, 0.2) is 0 Å². The molecule has 3 heterocycles. The van der Waals surface area contributed by atoms with Crippen LogP contribution in [0, 0.1) is 0 Å². The van der Waals surface area contributed by atoms with E-state index in [1.165, 1.54) is 30.2 Å². The third-order valence-electron chi connectivity index (χ3n) is 5.58. The van der Waals surface area contributed by atoms with Crippen molar-refractivity contribution < 1.29 is 4.42 Å². The van der Waals surface area contributed by atoms with Crippen LogP contribution in [0.25, 0.3) is 10.9 Å². The van der Waals surface area contributed by atoms with Gasteiger partial charge in [-0.3, -0.25) is 4.90 Å². The molecule has 4 rings (SSSR count). The van der Waals surface area contributed by atoms with Crippen LogP contribution in [0.15, 0.2) is 53.1 Å². The molecule has 1 fully saturated rings. The number of pyridine rings is 1. The van der Waals surface area contributed by atoms with Crippen LogP contribution in [-0.4, -0.2) is 43.6 Å². The molecule has 1 unspecified atom stereocenters. The van der Waals surface area contributed by atoms with Gasteiger partial charge in [-0.15, -0.1) is 0 Å². The average Bonchev–Trinajstić information content (AvgIpc) is 3.25. The second-order valence-corrected chi connectivity index (χ2v) is 7.84. The Labute approximate surface area is 167 Å². The molecule has 0 amide bonds. The Morgan fingerprint density at radius 3 is 2.68 bits per heavy atom. The second kappa shape index (κ2) is 8.76. The predicted molar refractivity (Wildman–Crippen MR) is 115 cm³/mol. The van der Waals surface area contributed by atoms with E-state index in [2.05, 4.69) is 59.5 Å². The zero-order valence-electron chi connectivity index (χ0n) is 16.9. The monoisotopic (exact) mass is 378 g/mol. The van der Waals surface area contributed by atoms with Gasteiger partial charge >= 0.3 is 0 Å². The Kier molecular flexibility index (Phi) is 5.93. The summed E-state index contributed by atoms with van der Waals surface area (Å²) in [6, 6.07) is 14.9. The smallest absolute Gasteiger partial charge is 0.133 e. The first kappa shape index (κ1) is 19.0. The number of furan rings is 1. The number of nitrogens with zero attached hydrogens (tertiary/aromatic N) is 3. The first-order valence-electron chi connectivity index (χ1n) is 10.3. The second-order valence-electron chi connectivity index (χ2n) is 7.84. The number of hydrogen-bond acceptors (Lipinski definition) is 5. The normalized spacial score (nSPS) is 16.0. The first-order chi connectivity index (χ1) is 13.7. The van der Waals surface area contributed by atoms with Gasteiger partial charge in [-0.2, -0.15) is 0 Å². The van der Waals surface area contributed by atoms with E-state index in [1.54, 1.807) is 6.26 Å². The van der Waals surface area contributed by atoms with E-state index in [9.17, 15) is 0 Å². The molecule has 5 heteroatoms. The molecule has 1 aliphatic rings. The third-order valence-corrected chi connectivity index (χ3v) is 5.58. The highest BCUT2D eigenvalue weighted by molar-refractivity contribution is 5.81. The van der Waals surface area contributed by atoms with Crippen LogP contribution in [0.3, 0.4) is 0 Å². The van der Waals surface area contributed by atoms with Crippen molar-refractivity contribution in [3.8, 4) is 0 Å². The van der Waals surface area contributed by atoms with Crippen molar-refractivity contribution in [2.75, 3.05) is 38.6 Å². The zero-order chi connectivity index (χ0) is 19.3. The van der Waals surface area contributed by atoms with Crippen molar-refractivity contribution in [1.82, 2.24) is 15.2 Å². The zero-order valence-corrected chi connectivity index (χ0v) is 16.9. The van der Waals surface area contributed by atoms with Crippen molar-refractivity contribution in [3.05, 3.63) is 60.1 Å². The molecule has 1 N–H and O–H groups in total. The van der Waals surface area contributed by atoms with Crippen molar-refractivity contribution in [1.29, 1.82) is 0 Å². The van der Waals surface area contributed by atoms with Gasteiger partial charge in [0, 0.05) is 37.1 Å². The summed E-state index contributed by atoms with van der Waals surface area (Å²) >= 11 is 0. The number of para-hydroxylation sites is 1. The fourth-order valence-corrected chi connectivity index (χ4v) is 4.02. The van der Waals surface area contributed by atoms with Gasteiger partial charge in [0.2, 0.25) is 0 Å². The molecule has 28 heavy (non-hydrogen) atoms. The Hall–Kier alpha value is -2.37. The molecule has 0 saturated carbocycles. The lowest BCUT2D eigenvalue weighted by Gasteiger charge is -2.30. The fourth-order valence-electron chi connectivity index (χ4n) is 4.02. The molecular formula is C23H30N4O. The fraction of sp³-hybridized carbons (Fsp3) is 0.435. The molecular weight excluding hydrogens is 348 g/mol. The van der Waals surface area contributed by atoms with E-state index in [0.717, 1.165) is 43.3 Å². The van der Waals surface area contributed by atoms with Gasteiger partial charge in [-0.1, -0.05) is 18.2 Å². The maximum absolute atomic E-state index is 5.63. The average molecular weight is 379 g/mol. The molecule has 3 aromatic rings. The Balaban J connectivity index is 1.54. The first-order valence-corrected chi connectivity index (χ1v) is 10.3. The molecule has 2 aromatic heterocycles. The molecule has 0 spiro atoms. The van der Waals surface area contributed by atoms with Gasteiger partial charge in [0.05, 0.1) is 17.8 Å². The third kappa shape index (κ3) is 4.21. The van der Waals surface area contributed by atoms with Crippen LogP contribution >= 0.6 is 0 Å². The van der Waals surface area contributed by atoms with Gasteiger partial charge < -0.3 is 14.6 Å². The number of aromatic nitrogens is 1. The van der Waals surface area contributed by atoms with Gasteiger partial charge in [0.25, 0.3) is 0 Å². The number of fused-ring (bicyclic) bond motifs is 1. The van der Waals surface area contributed by atoms with Crippen LogP contribution in [0.1, 0.15) is 36.6 Å². The summed E-state index contributed by atoms with van der Waals surface area (Å²) in [6.45, 7) is 3.83. The molecule has 0 radical (unpaired) electrons. The number of rotatable bonds is 7. The van der Waals surface area contributed by atoms with E-state index in [4.69, 9.17) is 9.40 Å². The summed E-state index contributed by atoms with van der Waals surface area (Å²) in [4.78, 5) is 9.69. The van der Waals surface area contributed by atoms with E-state index >= 15 is 0 Å². The molecule has 0 bridgehead atoms. The molecule has 1 aliphatic heterocycles. The minimum atomic E-state index is 0.210. The molecule has 0 aliphatic carbocycles. The number of likely N-dealkylation sites (N-methyl/N-ethyl adjacent to an activating group) is 1. The highest BCUT2D eigenvalue weighted by Gasteiger charge is 2.19. The SMILES string of the molecule is CN(C)C(CNCc1cc2ccccc2nc1N1CCCCC1)c1ccco1. The van der Waals surface area contributed by atoms with E-state index in [-0.39, 0.29) is 6.04 Å². The summed E-state index contributed by atoms with van der Waals surface area (Å²) < 4.78 is 5.63. The highest BCUT2D eigenvalue weighted by atomic mass is 16.3. The van der Waals surface area contributed by atoms with Crippen LogP contribution in [0.5, 0.6) is 0 Å². The minimum absolute atomic E-state index is 0.210. The Bertz CT molecular complexity index is 885. The maximum Gasteiger partial charge on any atom is 0.133 e. The summed E-state index contributed by atoms with van der Waals surface area (Å²) in [5, 5.41) is 4.85. The topological polar surface area (TPSA) is 44.5 Å². The number of benzene rings is 1. The minimum Gasteiger partial charge on any atom is -0.468 e. The van der Waals surface area contributed by atoms with Gasteiger partial charge in [0.1, 0.15) is 11.6 Å². The van der Waals surface area contributed by atoms with Crippen molar-refractivity contribution in [2.24, 2.45) is 0 Å². The van der Waals surface area contributed by atoms with Crippen molar-refractivity contribution >= 4 is 16.7 Å². The number of piperidine rings is 1. The van der Waals surface area contributed by atoms with Gasteiger partial charge in [-0.05, 0) is 57.6 Å². The molecule has 148 valence electrons. The van der Waals surface area contributed by atoms with Crippen LogP contribution in [-0.2, 0) is 6.54 Å². The Morgan fingerprint density at radius 2 is 1.93 bits per heavy atom. The van der Waals surface area contributed by atoms with Gasteiger partial charge in [-0.25, -0.2) is 4.98 Å². The van der Waals surface area contributed by atoms with Crippen molar-refractivity contribution in [3.63, 3.8) is 0 Å². The summed E-state index contributed by atoms with van der Waals surface area (Å²) in [5.41, 5.74) is 2.35. The predicted octanol–water partition coefficient (Wildman–Crippen LogP) is 4.21. The van der Waals surface area contributed by atoms with E-state index in [0.29, 0.717) is 0 Å². The molecule has 1 atom stereocenters. The number of nitrogens with one attached hydrogen (secondary N) is 1. The number of hydrogen-bond donors (Lipinski definition) is 1. The quantitative estimate of drug-likeness (QED) is 0.667. The standard InChI is InChI=1S/C23H30N4O/c1-26(2)21(22-11-8-14-28-22)17-24-16-19-15-18-9-4-5-10-20(18)25-23(19)27-12-6-3-7-13-27/h4-5,8-11,14-15,21,24H,3,6-7,12-13,16-17H2,1-2H3. The van der Waals surface area contributed by atoms with Crippen LogP contribution in [0.2, 0.25) is 0 Å². The molecule has 1 saturated heterocycles. The summed E-state index contributed by atoms with van der Waals surface area (Å²) in [7, 11) is 4.18. The lowest BCUT2D eigenvalue weighted by atomic mass is 10.1. The van der Waals surface area contributed by atoms with Crippen LogP contribution < -0.4 is 10.2 Å². The molecule has 1 aromatic carbocycles. The summed E-state index contributed by atoms with van der Waals surface area (Å²) in [5.74, 6) is 2.13. The van der Waals surface area contributed by atoms with Crippen LogP contribution in [0.4, 0.5) is 5.82 Å². The van der Waals surface area contributed by atoms with E-state index in [1.807, 2.05) is 12.1 Å². The maximum atomic E-state index is 5.63. The van der Waals surface area contributed by atoms with Crippen molar-refractivity contribution in [2.45, 2.75) is 31.8 Å². The summed E-state index contributed by atoms with van der Waals surface area (Å²) in [6.07, 6.45) is 5.57. The Morgan fingerprint density at radius 1 is 1.11 bits per heavy atom. The lowest BCUT2D eigenvalue weighted by molar-refractivity contribution is 0.250. The highest BCUT2D eigenvalue weighted by Crippen LogP contribution is 2.26. The van der Waals surface area contributed by atoms with E-state index < -0.39 is 0 Å².